The van der Waals surface area contributed by atoms with Crippen LogP contribution in [-0.4, -0.2) is 55.8 Å². The lowest BCUT2D eigenvalue weighted by molar-refractivity contribution is -0.377. The fourth-order valence-corrected chi connectivity index (χ4v) is 7.43. The third-order valence-corrected chi connectivity index (χ3v) is 10.7. The quantitative estimate of drug-likeness (QED) is 0.121. The molecule has 13 heteroatoms. The highest BCUT2D eigenvalue weighted by Gasteiger charge is 2.38. The summed E-state index contributed by atoms with van der Waals surface area (Å²) in [5, 5.41) is 3.94. The van der Waals surface area contributed by atoms with Gasteiger partial charge in [0.2, 0.25) is 0 Å². The number of piperidine rings is 3. The molecule has 1 aliphatic carbocycles. The van der Waals surface area contributed by atoms with Crippen molar-refractivity contribution in [2.45, 2.75) is 57.0 Å². The zero-order chi connectivity index (χ0) is 36.9. The molecule has 3 aliphatic heterocycles. The van der Waals surface area contributed by atoms with Gasteiger partial charge in [-0.2, -0.15) is 8.78 Å². The standard InChI is InChI=1S/C40H39Cl2F2N3O6/c41-31-20-45-21-32(42)30(31)19-34(27-11-12-33(53-40(43)44)35(18-27)50-23-24-9-10-24)51-38(48)28-7-4-8-29(17-28)46-37(26-5-2-1-3-6-26)39(49)52-36-22-47-15-13-25(36)14-16-47/h1-8,11-12,17-18,20-21,24-25,34,36-37,40,46H,9-10,13-16,19,22-23H2/p+1/t34-,36-,37-/m0/s1. The molecule has 3 saturated heterocycles. The van der Waals surface area contributed by atoms with E-state index in [1.165, 1.54) is 12.1 Å². The number of aromatic nitrogens is 1. The number of nitrogens with one attached hydrogen (secondary N) is 2. The van der Waals surface area contributed by atoms with Crippen molar-refractivity contribution in [3.63, 3.8) is 0 Å². The molecule has 278 valence electrons. The molecule has 4 aliphatic rings. The highest BCUT2D eigenvalue weighted by Crippen LogP contribution is 2.38. The van der Waals surface area contributed by atoms with Crippen molar-refractivity contribution < 1.29 is 42.3 Å². The Morgan fingerprint density at radius 3 is 2.32 bits per heavy atom. The number of carbonyl (C=O) groups is 2. The molecule has 0 spiro atoms. The number of carbonyl (C=O) groups excluding carboxylic acids is 2. The minimum atomic E-state index is -3.06. The van der Waals surface area contributed by atoms with Crippen LogP contribution in [0.1, 0.15) is 64.9 Å². The van der Waals surface area contributed by atoms with Gasteiger partial charge in [-0.05, 0) is 92.1 Å². The smallest absolute Gasteiger partial charge is 0.387 e. The first kappa shape index (κ1) is 36.9. The lowest BCUT2D eigenvalue weighted by atomic mass is 9.86. The van der Waals surface area contributed by atoms with Crippen LogP contribution in [0.15, 0.2) is 85.2 Å². The third-order valence-electron chi connectivity index (χ3n) is 10.0. The number of esters is 2. The summed E-state index contributed by atoms with van der Waals surface area (Å²) >= 11 is 13.0. The molecular weight excluding hydrogens is 727 g/mol. The van der Waals surface area contributed by atoms with E-state index in [9.17, 15) is 18.4 Å². The molecule has 9 nitrogen and oxygen atoms in total. The Balaban J connectivity index is 1.13. The lowest BCUT2D eigenvalue weighted by Crippen LogP contribution is -2.52. The zero-order valence-corrected chi connectivity index (χ0v) is 30.3. The Bertz CT molecular complexity index is 1890. The van der Waals surface area contributed by atoms with Gasteiger partial charge in [0.05, 0.1) is 12.2 Å². The Morgan fingerprint density at radius 1 is 0.887 bits per heavy atom. The Labute approximate surface area is 316 Å². The van der Waals surface area contributed by atoms with Gasteiger partial charge in [0.15, 0.2) is 29.9 Å². The number of rotatable bonds is 15. The number of benzene rings is 3. The molecule has 2 N–H and O–H groups in total. The predicted octanol–water partition coefficient (Wildman–Crippen LogP) is 8.13. The summed E-state index contributed by atoms with van der Waals surface area (Å²) in [5.41, 5.74) is 2.41. The summed E-state index contributed by atoms with van der Waals surface area (Å²) in [4.78, 5) is 32.9. The second kappa shape index (κ2) is 16.7. The van der Waals surface area contributed by atoms with Crippen molar-refractivity contribution in [2.24, 2.45) is 11.8 Å². The van der Waals surface area contributed by atoms with Gasteiger partial charge >= 0.3 is 18.6 Å². The van der Waals surface area contributed by atoms with E-state index in [4.69, 9.17) is 42.1 Å². The summed E-state index contributed by atoms with van der Waals surface area (Å²) in [6, 6.07) is 19.6. The molecule has 4 fully saturated rings. The van der Waals surface area contributed by atoms with Gasteiger partial charge in [0, 0.05) is 24.2 Å². The van der Waals surface area contributed by atoms with Gasteiger partial charge < -0.3 is 24.3 Å². The molecule has 53 heavy (non-hydrogen) atoms. The Hall–Kier alpha value is -4.45. The third kappa shape index (κ3) is 9.38. The molecule has 0 radical (unpaired) electrons. The first-order valence-electron chi connectivity index (χ1n) is 17.8. The van der Waals surface area contributed by atoms with Gasteiger partial charge in [0.25, 0.3) is 0 Å². The van der Waals surface area contributed by atoms with Crippen molar-refractivity contribution in [1.82, 2.24) is 4.90 Å². The summed E-state index contributed by atoms with van der Waals surface area (Å²) in [5.74, 6) is -0.395. The van der Waals surface area contributed by atoms with E-state index >= 15 is 0 Å². The van der Waals surface area contributed by atoms with Crippen LogP contribution in [-0.2, 0) is 20.7 Å². The highest BCUT2D eigenvalue weighted by molar-refractivity contribution is 6.35. The molecule has 3 atom stereocenters. The van der Waals surface area contributed by atoms with Gasteiger partial charge in [-0.15, -0.1) is 0 Å². The van der Waals surface area contributed by atoms with Crippen LogP contribution in [0, 0.1) is 11.8 Å². The second-order valence-electron chi connectivity index (χ2n) is 13.7. The van der Waals surface area contributed by atoms with Gasteiger partial charge in [-0.25, -0.2) is 14.6 Å². The van der Waals surface area contributed by atoms with Crippen molar-refractivity contribution >= 4 is 40.8 Å². The number of hydrogen-bond acceptors (Lipinski definition) is 8. The monoisotopic (exact) mass is 766 g/mol. The largest absolute Gasteiger partial charge is 0.489 e. The first-order valence-corrected chi connectivity index (χ1v) is 18.6. The molecular formula is C40H40Cl2F2N3O6+. The maximum absolute atomic E-state index is 13.9. The summed E-state index contributed by atoms with van der Waals surface area (Å²) in [6.07, 6.45) is 6.06. The van der Waals surface area contributed by atoms with E-state index in [2.05, 4.69) is 15.2 Å². The molecule has 2 bridgehead atoms. The topological polar surface area (TPSA) is 100 Å². The molecule has 1 saturated carbocycles. The van der Waals surface area contributed by atoms with Crippen LogP contribution in [0.25, 0.3) is 0 Å². The molecule has 3 aromatic carbocycles. The number of alkyl halides is 2. The van der Waals surface area contributed by atoms with Gasteiger partial charge in [-0.3, -0.25) is 4.90 Å². The molecule has 8 rings (SSSR count). The summed E-state index contributed by atoms with van der Waals surface area (Å²) in [7, 11) is 0. The second-order valence-corrected chi connectivity index (χ2v) is 14.6. The average molecular weight is 768 g/mol. The highest BCUT2D eigenvalue weighted by atomic mass is 35.5. The van der Waals surface area contributed by atoms with Crippen LogP contribution >= 0.6 is 23.2 Å². The van der Waals surface area contributed by atoms with E-state index < -0.39 is 30.7 Å². The average Bonchev–Trinajstić information content (AvgIpc) is 4.00. The molecule has 0 amide bonds. The minimum absolute atomic E-state index is 0.0641. The van der Waals surface area contributed by atoms with Crippen molar-refractivity contribution in [3.8, 4) is 11.5 Å². The van der Waals surface area contributed by atoms with Crippen LogP contribution < -0.4 is 19.8 Å². The van der Waals surface area contributed by atoms with Gasteiger partial charge in [-0.1, -0.05) is 65.7 Å². The van der Waals surface area contributed by atoms with E-state index in [0.29, 0.717) is 45.3 Å². The normalized spacial score (nSPS) is 20.4. The number of H-pyrrole nitrogens is 1. The molecule has 0 unspecified atom stereocenters. The number of hydrogen-bond donors (Lipinski definition) is 1. The number of aromatic amines is 1. The predicted molar refractivity (Wildman–Crippen MR) is 194 cm³/mol. The number of anilines is 1. The molecule has 4 heterocycles. The molecule has 4 aromatic rings. The van der Waals surface area contributed by atoms with Gasteiger partial charge in [0.1, 0.15) is 22.3 Å². The van der Waals surface area contributed by atoms with Crippen LogP contribution in [0.2, 0.25) is 10.0 Å². The fourth-order valence-electron chi connectivity index (χ4n) is 6.89. The number of pyridine rings is 1. The number of fused-ring (bicyclic) bond motifs is 3. The maximum Gasteiger partial charge on any atom is 0.387 e. The lowest BCUT2D eigenvalue weighted by Gasteiger charge is -2.44. The van der Waals surface area contributed by atoms with E-state index in [-0.39, 0.29) is 29.6 Å². The van der Waals surface area contributed by atoms with Crippen molar-refractivity contribution in [2.75, 3.05) is 31.6 Å². The van der Waals surface area contributed by atoms with Crippen molar-refractivity contribution in [3.05, 3.63) is 117 Å². The van der Waals surface area contributed by atoms with E-state index in [1.54, 1.807) is 42.7 Å². The number of halogens is 4. The zero-order valence-electron chi connectivity index (χ0n) is 28.8. The van der Waals surface area contributed by atoms with Crippen molar-refractivity contribution in [1.29, 1.82) is 0 Å². The maximum atomic E-state index is 13.9. The Morgan fingerprint density at radius 2 is 1.64 bits per heavy atom. The van der Waals surface area contributed by atoms with Crippen LogP contribution in [0.5, 0.6) is 11.5 Å². The minimum Gasteiger partial charge on any atom is -0.489 e. The SMILES string of the molecule is O=C(O[C@@H](Cc1c(Cl)c[nH+]cc1Cl)c1ccc(OC(F)F)c(OCC2CC2)c1)c1cccc(N[C@H](C(=O)O[C@H]2CN3CCC2CC3)c2ccccc2)c1. The summed E-state index contributed by atoms with van der Waals surface area (Å²) < 4.78 is 49.5. The fraction of sp³-hybridized carbons (Fsp3) is 0.375. The Kier molecular flexibility index (Phi) is 11.6. The first-order chi connectivity index (χ1) is 25.7. The molecule has 1 aromatic heterocycles. The summed E-state index contributed by atoms with van der Waals surface area (Å²) in [6.45, 7) is 0.0760. The number of ether oxygens (including phenoxy) is 4. The van der Waals surface area contributed by atoms with Crippen LogP contribution in [0.4, 0.5) is 14.5 Å². The van der Waals surface area contributed by atoms with E-state index in [1.807, 2.05) is 30.3 Å². The van der Waals surface area contributed by atoms with E-state index in [0.717, 1.165) is 50.9 Å². The van der Waals surface area contributed by atoms with Crippen LogP contribution in [0.3, 0.4) is 0 Å². The number of nitrogens with zero attached hydrogens (tertiary/aromatic N) is 1.